The Kier molecular flexibility index (Phi) is 4.19. The van der Waals surface area contributed by atoms with Crippen LogP contribution in [0.5, 0.6) is 0 Å². The molecule has 22 heavy (non-hydrogen) atoms. The molecule has 5 nitrogen and oxygen atoms in total. The van der Waals surface area contributed by atoms with Gasteiger partial charge in [-0.1, -0.05) is 6.07 Å². The molecule has 1 N–H and O–H groups in total. The highest BCUT2D eigenvalue weighted by Gasteiger charge is 2.40. The molecule has 3 rings (SSSR count). The first-order valence-corrected chi connectivity index (χ1v) is 7.79. The first-order chi connectivity index (χ1) is 10.7. The van der Waals surface area contributed by atoms with Crippen molar-refractivity contribution < 1.29 is 4.79 Å². The molecule has 1 fully saturated rings. The summed E-state index contributed by atoms with van der Waals surface area (Å²) in [4.78, 5) is 16.4. The fraction of sp³-hybridized carbons (Fsp3) is 0.529. The summed E-state index contributed by atoms with van der Waals surface area (Å²) < 4.78 is 0. The van der Waals surface area contributed by atoms with Gasteiger partial charge in [0.2, 0.25) is 5.91 Å². The third kappa shape index (κ3) is 3.70. The van der Waals surface area contributed by atoms with Gasteiger partial charge in [0.05, 0.1) is 6.04 Å². The van der Waals surface area contributed by atoms with Crippen LogP contribution in [0.3, 0.4) is 0 Å². The van der Waals surface area contributed by atoms with Gasteiger partial charge in [0, 0.05) is 38.1 Å². The minimum Gasteiger partial charge on any atom is -0.349 e. The van der Waals surface area contributed by atoms with Crippen LogP contribution in [0.2, 0.25) is 0 Å². The number of nitrogens with one attached hydrogen (secondary N) is 1. The van der Waals surface area contributed by atoms with Gasteiger partial charge in [0.25, 0.3) is 0 Å². The van der Waals surface area contributed by atoms with E-state index in [1.54, 1.807) is 6.20 Å². The van der Waals surface area contributed by atoms with Crippen molar-refractivity contribution in [2.24, 2.45) is 16.1 Å². The van der Waals surface area contributed by atoms with Crippen LogP contribution in [0.25, 0.3) is 0 Å². The molecule has 114 valence electrons. The summed E-state index contributed by atoms with van der Waals surface area (Å²) in [5, 5.41) is 11.3. The van der Waals surface area contributed by atoms with E-state index in [2.05, 4.69) is 26.4 Å². The summed E-state index contributed by atoms with van der Waals surface area (Å²) in [7, 11) is 0. The van der Waals surface area contributed by atoms with E-state index in [0.29, 0.717) is 25.2 Å². The fourth-order valence-corrected chi connectivity index (χ4v) is 2.69. The second-order valence-corrected chi connectivity index (χ2v) is 6.06. The number of hydrogen-bond acceptors (Lipinski definition) is 4. The normalized spacial score (nSPS) is 19.2. The number of pyridine rings is 1. The molecule has 0 saturated heterocycles. The van der Waals surface area contributed by atoms with Crippen LogP contribution in [-0.2, 0) is 4.79 Å². The molecule has 1 aromatic rings. The molecule has 1 unspecified atom stereocenters. The van der Waals surface area contributed by atoms with Gasteiger partial charge in [0.15, 0.2) is 5.66 Å². The molecule has 1 saturated carbocycles. The Morgan fingerprint density at radius 3 is 2.86 bits per heavy atom. The zero-order chi connectivity index (χ0) is 15.4. The maximum absolute atomic E-state index is 12.3. The summed E-state index contributed by atoms with van der Waals surface area (Å²) in [6.45, 7) is 0. The Morgan fingerprint density at radius 1 is 1.45 bits per heavy atom. The van der Waals surface area contributed by atoms with Gasteiger partial charge in [-0.25, -0.2) is 0 Å². The molecule has 0 bridgehead atoms. The Morgan fingerprint density at radius 2 is 2.27 bits per heavy atom. The number of carbonyl (C=O) groups is 1. The summed E-state index contributed by atoms with van der Waals surface area (Å²) >= 11 is 0. The SMILES string of the molecule is C#CCCC1(CCC(=O)NC(c2cccnc2)C2CC2)N=N1. The van der Waals surface area contributed by atoms with Crippen molar-refractivity contribution in [1.82, 2.24) is 10.3 Å². The lowest BCUT2D eigenvalue weighted by molar-refractivity contribution is -0.122. The van der Waals surface area contributed by atoms with E-state index in [0.717, 1.165) is 24.8 Å². The van der Waals surface area contributed by atoms with Gasteiger partial charge >= 0.3 is 0 Å². The van der Waals surface area contributed by atoms with E-state index in [9.17, 15) is 4.79 Å². The highest BCUT2D eigenvalue weighted by atomic mass is 16.1. The number of amides is 1. The minimum absolute atomic E-state index is 0.0538. The van der Waals surface area contributed by atoms with Gasteiger partial charge < -0.3 is 5.32 Å². The second kappa shape index (κ2) is 6.27. The second-order valence-electron chi connectivity index (χ2n) is 6.06. The average Bonchev–Trinajstić information content (AvgIpc) is 3.45. The quantitative estimate of drug-likeness (QED) is 0.749. The number of hydrogen-bond donors (Lipinski definition) is 1. The summed E-state index contributed by atoms with van der Waals surface area (Å²) in [6.07, 6.45) is 13.6. The lowest BCUT2D eigenvalue weighted by Gasteiger charge is -2.19. The van der Waals surface area contributed by atoms with Crippen LogP contribution in [0.1, 0.15) is 50.1 Å². The van der Waals surface area contributed by atoms with E-state index in [-0.39, 0.29) is 17.6 Å². The standard InChI is InChI=1S/C17H20N4O/c1-2-3-9-17(20-21-17)10-8-15(22)19-16(13-6-7-13)14-5-4-11-18-12-14/h1,4-5,11-13,16H,3,6-10H2,(H,19,22). The van der Waals surface area contributed by atoms with Crippen LogP contribution in [0.4, 0.5) is 0 Å². The van der Waals surface area contributed by atoms with E-state index in [1.165, 1.54) is 0 Å². The van der Waals surface area contributed by atoms with Gasteiger partial charge in [0.1, 0.15) is 0 Å². The van der Waals surface area contributed by atoms with Crippen molar-refractivity contribution in [2.45, 2.75) is 50.2 Å². The lowest BCUT2D eigenvalue weighted by Crippen LogP contribution is -2.30. The average molecular weight is 296 g/mol. The molecular formula is C17H20N4O. The third-order valence-corrected chi connectivity index (χ3v) is 4.26. The van der Waals surface area contributed by atoms with Crippen molar-refractivity contribution in [3.8, 4) is 12.3 Å². The molecule has 2 aliphatic rings. The molecule has 5 heteroatoms. The molecular weight excluding hydrogens is 276 g/mol. The highest BCUT2D eigenvalue weighted by Crippen LogP contribution is 2.41. The molecule has 1 aromatic heterocycles. The predicted octanol–water partition coefficient (Wildman–Crippen LogP) is 3.00. The number of rotatable bonds is 8. The monoisotopic (exact) mass is 296 g/mol. The number of terminal acetylenes is 1. The maximum Gasteiger partial charge on any atom is 0.220 e. The maximum atomic E-state index is 12.3. The summed E-state index contributed by atoms with van der Waals surface area (Å²) in [6, 6.07) is 4.01. The van der Waals surface area contributed by atoms with Crippen molar-refractivity contribution in [3.05, 3.63) is 30.1 Å². The molecule has 0 spiro atoms. The Bertz CT molecular complexity index is 595. The largest absolute Gasteiger partial charge is 0.349 e. The van der Waals surface area contributed by atoms with E-state index in [4.69, 9.17) is 6.42 Å². The Labute approximate surface area is 130 Å². The zero-order valence-electron chi connectivity index (χ0n) is 12.5. The fourth-order valence-electron chi connectivity index (χ4n) is 2.69. The topological polar surface area (TPSA) is 66.7 Å². The van der Waals surface area contributed by atoms with Crippen molar-refractivity contribution in [2.75, 3.05) is 0 Å². The minimum atomic E-state index is -0.382. The van der Waals surface area contributed by atoms with Crippen LogP contribution in [0, 0.1) is 18.3 Å². The highest BCUT2D eigenvalue weighted by molar-refractivity contribution is 5.76. The molecule has 0 radical (unpaired) electrons. The third-order valence-electron chi connectivity index (χ3n) is 4.26. The Balaban J connectivity index is 1.51. The summed E-state index contributed by atoms with van der Waals surface area (Å²) in [5.41, 5.74) is 0.703. The molecule has 2 heterocycles. The molecule has 1 atom stereocenters. The predicted molar refractivity (Wildman–Crippen MR) is 82.7 cm³/mol. The van der Waals surface area contributed by atoms with Crippen LogP contribution in [-0.4, -0.2) is 16.6 Å². The smallest absolute Gasteiger partial charge is 0.220 e. The first kappa shape index (κ1) is 14.7. The van der Waals surface area contributed by atoms with Crippen LogP contribution in [0.15, 0.2) is 34.8 Å². The molecule has 1 amide bonds. The Hall–Kier alpha value is -2.22. The van der Waals surface area contributed by atoms with Crippen molar-refractivity contribution >= 4 is 5.91 Å². The molecule has 1 aliphatic carbocycles. The van der Waals surface area contributed by atoms with Gasteiger partial charge in [-0.2, -0.15) is 10.2 Å². The van der Waals surface area contributed by atoms with Gasteiger partial charge in [-0.15, -0.1) is 12.3 Å². The van der Waals surface area contributed by atoms with Crippen molar-refractivity contribution in [3.63, 3.8) is 0 Å². The van der Waals surface area contributed by atoms with Gasteiger partial charge in [-0.05, 0) is 30.4 Å². The van der Waals surface area contributed by atoms with Crippen molar-refractivity contribution in [1.29, 1.82) is 0 Å². The van der Waals surface area contributed by atoms with E-state index >= 15 is 0 Å². The molecule has 0 aromatic carbocycles. The lowest BCUT2D eigenvalue weighted by atomic mass is 10.0. The summed E-state index contributed by atoms with van der Waals surface area (Å²) in [5.74, 6) is 3.20. The van der Waals surface area contributed by atoms with Crippen LogP contribution >= 0.6 is 0 Å². The number of nitrogens with zero attached hydrogens (tertiary/aromatic N) is 3. The van der Waals surface area contributed by atoms with E-state index < -0.39 is 0 Å². The number of aromatic nitrogens is 1. The number of carbonyl (C=O) groups excluding carboxylic acids is 1. The van der Waals surface area contributed by atoms with E-state index in [1.807, 2.05) is 18.3 Å². The van der Waals surface area contributed by atoms with Gasteiger partial charge in [-0.3, -0.25) is 9.78 Å². The first-order valence-electron chi connectivity index (χ1n) is 7.79. The zero-order valence-corrected chi connectivity index (χ0v) is 12.5. The van der Waals surface area contributed by atoms with Crippen LogP contribution < -0.4 is 5.32 Å². The molecule has 1 aliphatic heterocycles.